The minimum absolute atomic E-state index is 0.0199. The molecule has 35 heavy (non-hydrogen) atoms. The number of hydrogen-bond donors (Lipinski definition) is 1. The number of hydrogen-bond acceptors (Lipinski definition) is 2. The largest absolute Gasteiger partial charge is 0.399 e. The summed E-state index contributed by atoms with van der Waals surface area (Å²) in [5.74, 6) is -2.69. The molecular formula is C27H25ClF4N2O. The number of carbonyl (C=O) groups is 1. The van der Waals surface area contributed by atoms with Crippen LogP contribution in [0.5, 0.6) is 0 Å². The lowest BCUT2D eigenvalue weighted by Crippen LogP contribution is -2.24. The van der Waals surface area contributed by atoms with E-state index in [0.717, 1.165) is 11.6 Å². The van der Waals surface area contributed by atoms with Gasteiger partial charge in [-0.1, -0.05) is 61.0 Å². The molecule has 184 valence electrons. The van der Waals surface area contributed by atoms with Gasteiger partial charge in [-0.3, -0.25) is 4.79 Å². The number of aryl methyl sites for hydroxylation is 3. The Morgan fingerprint density at radius 3 is 2.37 bits per heavy atom. The van der Waals surface area contributed by atoms with E-state index in [9.17, 15) is 22.4 Å². The van der Waals surface area contributed by atoms with Crippen LogP contribution in [0.2, 0.25) is 5.15 Å². The topological polar surface area (TPSA) is 42.0 Å². The van der Waals surface area contributed by atoms with E-state index in [2.05, 4.69) is 10.3 Å². The molecule has 0 radical (unpaired) electrons. The van der Waals surface area contributed by atoms with Gasteiger partial charge in [-0.2, -0.15) is 13.2 Å². The Balaban J connectivity index is 1.82. The molecule has 0 fully saturated rings. The zero-order chi connectivity index (χ0) is 25.8. The Morgan fingerprint density at radius 1 is 1.11 bits per heavy atom. The molecule has 3 nitrogen and oxygen atoms in total. The molecule has 0 aliphatic heterocycles. The van der Waals surface area contributed by atoms with Gasteiger partial charge >= 0.3 is 6.18 Å². The Kier molecular flexibility index (Phi) is 8.33. The van der Waals surface area contributed by atoms with Crippen molar-refractivity contribution in [3.8, 4) is 0 Å². The van der Waals surface area contributed by atoms with Crippen molar-refractivity contribution >= 4 is 23.6 Å². The van der Waals surface area contributed by atoms with Crippen molar-refractivity contribution in [2.45, 2.75) is 45.8 Å². The van der Waals surface area contributed by atoms with Crippen LogP contribution in [-0.4, -0.2) is 17.1 Å². The van der Waals surface area contributed by atoms with Crippen molar-refractivity contribution in [3.63, 3.8) is 0 Å². The molecule has 0 aliphatic carbocycles. The van der Waals surface area contributed by atoms with Crippen molar-refractivity contribution < 1.29 is 22.4 Å². The lowest BCUT2D eigenvalue weighted by molar-refractivity contribution is -0.139. The molecule has 0 spiro atoms. The van der Waals surface area contributed by atoms with Gasteiger partial charge in [0.05, 0.1) is 5.92 Å². The number of amides is 1. The van der Waals surface area contributed by atoms with Gasteiger partial charge < -0.3 is 5.32 Å². The maximum Gasteiger partial charge on any atom is 0.399 e. The van der Waals surface area contributed by atoms with Crippen LogP contribution in [-0.2, 0) is 13.0 Å². The fourth-order valence-corrected chi connectivity index (χ4v) is 3.91. The second-order valence-corrected chi connectivity index (χ2v) is 8.68. The highest BCUT2D eigenvalue weighted by molar-refractivity contribution is 6.29. The monoisotopic (exact) mass is 504 g/mol. The van der Waals surface area contributed by atoms with E-state index in [4.69, 9.17) is 11.6 Å². The molecule has 8 heteroatoms. The molecule has 1 N–H and O–H groups in total. The standard InChI is InChI=1S/C27H25ClF4N2O/c1-4-20-13-18(5-8-22(20)26(35)34-15-19-7-10-24(28)33-14-19)6-9-23(27(30,31)32)21-11-16(2)25(29)17(3)12-21/h5-14,23H,4,15H2,1-3H3,(H,34,35)/b9-6+. The van der Waals surface area contributed by atoms with Crippen molar-refractivity contribution in [2.75, 3.05) is 0 Å². The zero-order valence-corrected chi connectivity index (χ0v) is 20.3. The number of alkyl halides is 3. The van der Waals surface area contributed by atoms with Crippen LogP contribution < -0.4 is 5.32 Å². The average Bonchev–Trinajstić information content (AvgIpc) is 2.81. The van der Waals surface area contributed by atoms with Crippen LogP contribution in [0.1, 0.15) is 56.6 Å². The van der Waals surface area contributed by atoms with Gasteiger partial charge in [0, 0.05) is 18.3 Å². The summed E-state index contributed by atoms with van der Waals surface area (Å²) in [7, 11) is 0. The van der Waals surface area contributed by atoms with Crippen molar-refractivity contribution in [1.29, 1.82) is 0 Å². The zero-order valence-electron chi connectivity index (χ0n) is 19.5. The van der Waals surface area contributed by atoms with Gasteiger partial charge in [0.15, 0.2) is 0 Å². The molecule has 0 aliphatic rings. The number of nitrogens with zero attached hydrogens (tertiary/aromatic N) is 1. The van der Waals surface area contributed by atoms with Crippen LogP contribution in [0.3, 0.4) is 0 Å². The highest BCUT2D eigenvalue weighted by Crippen LogP contribution is 2.37. The molecule has 1 heterocycles. The predicted molar refractivity (Wildman–Crippen MR) is 130 cm³/mol. The molecule has 1 unspecified atom stereocenters. The van der Waals surface area contributed by atoms with Crippen molar-refractivity contribution in [1.82, 2.24) is 10.3 Å². The third-order valence-corrected chi connectivity index (χ3v) is 5.87. The van der Waals surface area contributed by atoms with Crippen LogP contribution in [0.15, 0.2) is 54.7 Å². The molecule has 2 aromatic carbocycles. The van der Waals surface area contributed by atoms with Gasteiger partial charge in [0.1, 0.15) is 11.0 Å². The summed E-state index contributed by atoms with van der Waals surface area (Å²) in [4.78, 5) is 16.7. The second kappa shape index (κ2) is 11.0. The Hall–Kier alpha value is -3.19. The maximum absolute atomic E-state index is 13.9. The summed E-state index contributed by atoms with van der Waals surface area (Å²) >= 11 is 5.77. The highest BCUT2D eigenvalue weighted by atomic mass is 35.5. The lowest BCUT2D eigenvalue weighted by Gasteiger charge is -2.19. The summed E-state index contributed by atoms with van der Waals surface area (Å²) in [5, 5.41) is 3.17. The molecule has 1 amide bonds. The molecule has 0 saturated heterocycles. The number of carbonyl (C=O) groups excluding carboxylic acids is 1. The SMILES string of the molecule is CCc1cc(/C=C/C(c2cc(C)c(F)c(C)c2)C(F)(F)F)ccc1C(=O)NCc1ccc(Cl)nc1. The summed E-state index contributed by atoms with van der Waals surface area (Å²) < 4.78 is 55.4. The highest BCUT2D eigenvalue weighted by Gasteiger charge is 2.39. The fraction of sp³-hybridized carbons (Fsp3) is 0.259. The van der Waals surface area contributed by atoms with E-state index < -0.39 is 17.9 Å². The number of benzene rings is 2. The smallest absolute Gasteiger partial charge is 0.348 e. The van der Waals surface area contributed by atoms with E-state index in [1.54, 1.807) is 36.5 Å². The number of nitrogens with one attached hydrogen (secondary N) is 1. The molecule has 1 atom stereocenters. The molecule has 0 saturated carbocycles. The average molecular weight is 505 g/mol. The second-order valence-electron chi connectivity index (χ2n) is 8.29. The van der Waals surface area contributed by atoms with E-state index in [1.807, 2.05) is 6.92 Å². The first kappa shape index (κ1) is 26.4. The van der Waals surface area contributed by atoms with Crippen LogP contribution in [0, 0.1) is 19.7 Å². The summed E-state index contributed by atoms with van der Waals surface area (Å²) in [5.41, 5.74) is 2.78. The summed E-state index contributed by atoms with van der Waals surface area (Å²) in [6.45, 7) is 5.02. The Morgan fingerprint density at radius 2 is 1.80 bits per heavy atom. The Bertz CT molecular complexity index is 1210. The molecule has 1 aromatic heterocycles. The first-order chi connectivity index (χ1) is 16.5. The van der Waals surface area contributed by atoms with E-state index in [0.29, 0.717) is 28.3 Å². The number of rotatable bonds is 7. The van der Waals surface area contributed by atoms with Crippen molar-refractivity contribution in [2.24, 2.45) is 0 Å². The van der Waals surface area contributed by atoms with E-state index in [-0.39, 0.29) is 29.1 Å². The first-order valence-corrected chi connectivity index (χ1v) is 11.4. The number of pyridine rings is 1. The van der Waals surface area contributed by atoms with E-state index in [1.165, 1.54) is 32.1 Å². The lowest BCUT2D eigenvalue weighted by atomic mass is 9.93. The Labute approximate surface area is 206 Å². The summed E-state index contributed by atoms with van der Waals surface area (Å²) in [6.07, 6.45) is -0.0118. The van der Waals surface area contributed by atoms with Gasteiger partial charge in [-0.25, -0.2) is 9.37 Å². The van der Waals surface area contributed by atoms with Crippen molar-refractivity contribution in [3.05, 3.63) is 105 Å². The van der Waals surface area contributed by atoms with Gasteiger partial charge in [-0.15, -0.1) is 0 Å². The van der Waals surface area contributed by atoms with Gasteiger partial charge in [0.2, 0.25) is 0 Å². The predicted octanol–water partition coefficient (Wildman–Crippen LogP) is 7.34. The van der Waals surface area contributed by atoms with Gasteiger partial charge in [0.25, 0.3) is 5.91 Å². The quantitative estimate of drug-likeness (QED) is 0.270. The maximum atomic E-state index is 13.9. The molecule has 0 bridgehead atoms. The number of aromatic nitrogens is 1. The fourth-order valence-electron chi connectivity index (χ4n) is 3.80. The molecule has 3 rings (SSSR count). The first-order valence-electron chi connectivity index (χ1n) is 11.0. The number of allylic oxidation sites excluding steroid dienone is 1. The van der Waals surface area contributed by atoms with E-state index >= 15 is 0 Å². The van der Waals surface area contributed by atoms with Gasteiger partial charge in [-0.05, 0) is 65.8 Å². The summed E-state index contributed by atoms with van der Waals surface area (Å²) in [6, 6.07) is 10.7. The normalized spacial score (nSPS) is 12.7. The van der Waals surface area contributed by atoms with Crippen LogP contribution in [0.25, 0.3) is 6.08 Å². The number of halogens is 5. The minimum Gasteiger partial charge on any atom is -0.348 e. The van der Waals surface area contributed by atoms with Crippen LogP contribution in [0.4, 0.5) is 17.6 Å². The molecule has 3 aromatic rings. The minimum atomic E-state index is -4.54. The third-order valence-electron chi connectivity index (χ3n) is 5.65. The molecular weight excluding hydrogens is 480 g/mol. The third kappa shape index (κ3) is 6.69. The van der Waals surface area contributed by atoms with Crippen LogP contribution >= 0.6 is 11.6 Å².